The molecule has 1 aromatic rings. The number of hydrogen-bond acceptors (Lipinski definition) is 1. The third kappa shape index (κ3) is 3.53. The molecular formula is C9H14SSi. The highest BCUT2D eigenvalue weighted by Crippen LogP contribution is 2.12. The zero-order chi connectivity index (χ0) is 8.32. The van der Waals surface area contributed by atoms with E-state index in [1.807, 2.05) is 0 Å². The van der Waals surface area contributed by atoms with Gasteiger partial charge in [-0.25, -0.2) is 0 Å². The van der Waals surface area contributed by atoms with Crippen molar-refractivity contribution in [2.45, 2.75) is 19.6 Å². The Morgan fingerprint density at radius 1 is 1.36 bits per heavy atom. The first-order valence-corrected chi connectivity index (χ1v) is 8.26. The highest BCUT2D eigenvalue weighted by molar-refractivity contribution is 7.10. The van der Waals surface area contributed by atoms with Gasteiger partial charge in [-0.3, -0.25) is 0 Å². The van der Waals surface area contributed by atoms with Crippen LogP contribution in [0.3, 0.4) is 0 Å². The van der Waals surface area contributed by atoms with E-state index in [1.54, 1.807) is 11.3 Å². The van der Waals surface area contributed by atoms with Crippen molar-refractivity contribution >= 4 is 25.5 Å². The highest BCUT2D eigenvalue weighted by atomic mass is 32.1. The van der Waals surface area contributed by atoms with Gasteiger partial charge in [0.2, 0.25) is 0 Å². The molecule has 0 N–H and O–H groups in total. The van der Waals surface area contributed by atoms with E-state index < -0.39 is 8.07 Å². The zero-order valence-corrected chi connectivity index (χ0v) is 9.11. The molecule has 1 aromatic heterocycles. The molecule has 11 heavy (non-hydrogen) atoms. The van der Waals surface area contributed by atoms with E-state index in [-0.39, 0.29) is 0 Å². The van der Waals surface area contributed by atoms with Crippen molar-refractivity contribution in [3.05, 3.63) is 28.1 Å². The molecule has 0 amide bonds. The summed E-state index contributed by atoms with van der Waals surface area (Å²) < 4.78 is 0. The minimum atomic E-state index is -0.987. The quantitative estimate of drug-likeness (QED) is 0.613. The number of rotatable bonds is 2. The van der Waals surface area contributed by atoms with Gasteiger partial charge in [0.15, 0.2) is 0 Å². The fraction of sp³-hybridized carbons (Fsp3) is 0.333. The van der Waals surface area contributed by atoms with E-state index in [2.05, 4.69) is 48.9 Å². The third-order valence-corrected chi connectivity index (χ3v) is 3.29. The van der Waals surface area contributed by atoms with Gasteiger partial charge in [0.25, 0.3) is 0 Å². The van der Waals surface area contributed by atoms with Gasteiger partial charge in [-0.05, 0) is 11.4 Å². The van der Waals surface area contributed by atoms with Gasteiger partial charge in [0.05, 0.1) is 8.07 Å². The Morgan fingerprint density at radius 3 is 2.55 bits per heavy atom. The predicted molar refractivity (Wildman–Crippen MR) is 56.7 cm³/mol. The smallest absolute Gasteiger partial charge is 0.0687 e. The first-order chi connectivity index (χ1) is 5.08. The maximum atomic E-state index is 2.37. The first kappa shape index (κ1) is 8.75. The Labute approximate surface area is 73.6 Å². The maximum Gasteiger partial charge on any atom is 0.0687 e. The van der Waals surface area contributed by atoms with Crippen LogP contribution < -0.4 is 0 Å². The van der Waals surface area contributed by atoms with Crippen LogP contribution in [0.4, 0.5) is 0 Å². The van der Waals surface area contributed by atoms with Gasteiger partial charge < -0.3 is 0 Å². The fourth-order valence-corrected chi connectivity index (χ4v) is 2.14. The molecule has 0 aliphatic heterocycles. The summed E-state index contributed by atoms with van der Waals surface area (Å²) >= 11 is 1.80. The molecular weight excluding hydrogens is 168 g/mol. The minimum absolute atomic E-state index is 0.987. The monoisotopic (exact) mass is 182 g/mol. The Morgan fingerprint density at radius 2 is 2.09 bits per heavy atom. The number of thiophene rings is 1. The van der Waals surface area contributed by atoms with E-state index in [9.17, 15) is 0 Å². The van der Waals surface area contributed by atoms with Crippen LogP contribution in [-0.4, -0.2) is 8.07 Å². The molecule has 0 saturated heterocycles. The molecule has 0 saturated carbocycles. The van der Waals surface area contributed by atoms with Crippen LogP contribution in [-0.2, 0) is 0 Å². The summed E-state index contributed by atoms with van der Waals surface area (Å²) in [6.07, 6.45) is 2.25. The van der Waals surface area contributed by atoms with Crippen molar-refractivity contribution in [2.24, 2.45) is 0 Å². The molecule has 0 bridgehead atoms. The fourth-order valence-electron chi connectivity index (χ4n) is 0.718. The molecule has 1 heterocycles. The molecule has 0 unspecified atom stereocenters. The largest absolute Gasteiger partial charge is 0.145 e. The molecule has 0 aliphatic rings. The molecule has 0 nitrogen and oxygen atoms in total. The van der Waals surface area contributed by atoms with Gasteiger partial charge >= 0.3 is 0 Å². The zero-order valence-electron chi connectivity index (χ0n) is 7.29. The molecule has 0 radical (unpaired) electrons. The lowest BCUT2D eigenvalue weighted by molar-refractivity contribution is 1.78. The Hall–Kier alpha value is -0.343. The van der Waals surface area contributed by atoms with Crippen LogP contribution in [0.1, 0.15) is 4.88 Å². The van der Waals surface area contributed by atoms with Gasteiger partial charge in [-0.15, -0.1) is 11.3 Å². The lowest BCUT2D eigenvalue weighted by atomic mass is 10.5. The van der Waals surface area contributed by atoms with Gasteiger partial charge in [0, 0.05) is 4.88 Å². The standard InChI is InChI=1S/C9H14SSi/c1-11(2,3)8-6-9-5-4-7-10-9/h4-8H,1-3H3/b8-6+. The summed E-state index contributed by atoms with van der Waals surface area (Å²) in [6.45, 7) is 7.03. The third-order valence-electron chi connectivity index (χ3n) is 1.29. The van der Waals surface area contributed by atoms with Crippen LogP contribution in [0, 0.1) is 0 Å². The molecule has 0 aliphatic carbocycles. The van der Waals surface area contributed by atoms with Gasteiger partial charge in [-0.2, -0.15) is 0 Å². The average molecular weight is 182 g/mol. The van der Waals surface area contributed by atoms with Crippen LogP contribution in [0.25, 0.3) is 6.08 Å². The lowest BCUT2D eigenvalue weighted by Gasteiger charge is -2.06. The maximum absolute atomic E-state index is 2.37. The Kier molecular flexibility index (Phi) is 2.68. The first-order valence-electron chi connectivity index (χ1n) is 3.81. The average Bonchev–Trinajstić information content (AvgIpc) is 2.32. The van der Waals surface area contributed by atoms with E-state index >= 15 is 0 Å². The van der Waals surface area contributed by atoms with Gasteiger partial charge in [-0.1, -0.05) is 37.5 Å². The van der Waals surface area contributed by atoms with Crippen molar-refractivity contribution in [3.8, 4) is 0 Å². The SMILES string of the molecule is C[Si](C)(C)/C=C/c1cccs1. The van der Waals surface area contributed by atoms with Crippen LogP contribution in [0.5, 0.6) is 0 Å². The summed E-state index contributed by atoms with van der Waals surface area (Å²) in [4.78, 5) is 1.37. The van der Waals surface area contributed by atoms with E-state index in [4.69, 9.17) is 0 Å². The molecule has 1 rings (SSSR count). The summed E-state index contributed by atoms with van der Waals surface area (Å²) in [5.74, 6) is 0. The van der Waals surface area contributed by atoms with Crippen molar-refractivity contribution in [3.63, 3.8) is 0 Å². The summed E-state index contributed by atoms with van der Waals surface area (Å²) in [5.41, 5.74) is 2.37. The molecule has 2 heteroatoms. The second-order valence-electron chi connectivity index (χ2n) is 3.71. The lowest BCUT2D eigenvalue weighted by Crippen LogP contribution is -2.14. The second-order valence-corrected chi connectivity index (χ2v) is 9.76. The second kappa shape index (κ2) is 3.37. The van der Waals surface area contributed by atoms with Gasteiger partial charge in [0.1, 0.15) is 0 Å². The van der Waals surface area contributed by atoms with Crippen LogP contribution in [0.15, 0.2) is 23.2 Å². The van der Waals surface area contributed by atoms with Crippen molar-refractivity contribution in [1.29, 1.82) is 0 Å². The van der Waals surface area contributed by atoms with Crippen LogP contribution >= 0.6 is 11.3 Å². The topological polar surface area (TPSA) is 0 Å². The Balaban J connectivity index is 2.63. The summed E-state index contributed by atoms with van der Waals surface area (Å²) in [5, 5.41) is 2.11. The Bertz CT molecular complexity index is 229. The minimum Gasteiger partial charge on any atom is -0.145 e. The van der Waals surface area contributed by atoms with E-state index in [1.165, 1.54) is 4.88 Å². The van der Waals surface area contributed by atoms with E-state index in [0.29, 0.717) is 0 Å². The molecule has 0 aromatic carbocycles. The summed E-state index contributed by atoms with van der Waals surface area (Å²) in [6, 6.07) is 4.25. The molecule has 0 fully saturated rings. The highest BCUT2D eigenvalue weighted by Gasteiger charge is 2.06. The summed E-state index contributed by atoms with van der Waals surface area (Å²) in [7, 11) is -0.987. The van der Waals surface area contributed by atoms with Crippen molar-refractivity contribution in [2.75, 3.05) is 0 Å². The van der Waals surface area contributed by atoms with Crippen LogP contribution in [0.2, 0.25) is 19.6 Å². The molecule has 60 valence electrons. The number of hydrogen-bond donors (Lipinski definition) is 0. The molecule has 0 atom stereocenters. The predicted octanol–water partition coefficient (Wildman–Crippen LogP) is 3.64. The van der Waals surface area contributed by atoms with E-state index in [0.717, 1.165) is 0 Å². The van der Waals surface area contributed by atoms with Crippen molar-refractivity contribution in [1.82, 2.24) is 0 Å². The normalized spacial score (nSPS) is 12.6. The van der Waals surface area contributed by atoms with Crippen molar-refractivity contribution < 1.29 is 0 Å². The molecule has 0 spiro atoms.